The molecule has 3 nitrogen and oxygen atoms in total. The molecule has 0 spiro atoms. The summed E-state index contributed by atoms with van der Waals surface area (Å²) in [6.45, 7) is -2.35. The molecule has 0 saturated carbocycles. The molecule has 1 saturated heterocycles. The number of rotatable bonds is 3. The Morgan fingerprint density at radius 1 is 1.27 bits per heavy atom. The summed E-state index contributed by atoms with van der Waals surface area (Å²) in [4.78, 5) is 0. The van der Waals surface area contributed by atoms with Gasteiger partial charge in [0.1, 0.15) is 11.4 Å². The highest BCUT2D eigenvalue weighted by molar-refractivity contribution is 5.32. The second-order valence-electron chi connectivity index (χ2n) is 3.43. The molecule has 5 heteroatoms. The molecule has 1 aliphatic heterocycles. The van der Waals surface area contributed by atoms with Crippen LogP contribution in [0.1, 0.15) is 5.56 Å². The maximum absolute atomic E-state index is 11.8. The molecular formula is C10H10F2O3. The van der Waals surface area contributed by atoms with Crippen molar-refractivity contribution in [3.8, 4) is 5.75 Å². The summed E-state index contributed by atoms with van der Waals surface area (Å²) in [5, 5.41) is 9.84. The van der Waals surface area contributed by atoms with Gasteiger partial charge < -0.3 is 14.6 Å². The predicted octanol–water partition coefficient (Wildman–Crippen LogP) is 1.51. The summed E-state index contributed by atoms with van der Waals surface area (Å²) in [6.07, 6.45) is 0. The number of hydrogen-bond donors (Lipinski definition) is 1. The number of ether oxygens (including phenoxy) is 2. The third kappa shape index (κ3) is 2.08. The number of alkyl halides is 2. The normalized spacial score (nSPS) is 18.7. The summed E-state index contributed by atoms with van der Waals surface area (Å²) in [6, 6.07) is 5.91. The SMILES string of the molecule is OC1(c2ccc(OC(F)F)cc2)COC1. The van der Waals surface area contributed by atoms with Crippen LogP contribution in [0.5, 0.6) is 5.75 Å². The van der Waals surface area contributed by atoms with E-state index >= 15 is 0 Å². The highest BCUT2D eigenvalue weighted by Gasteiger charge is 2.37. The first-order valence-corrected chi connectivity index (χ1v) is 4.46. The zero-order chi connectivity index (χ0) is 10.9. The van der Waals surface area contributed by atoms with Gasteiger partial charge in [-0.15, -0.1) is 0 Å². The van der Waals surface area contributed by atoms with Crippen molar-refractivity contribution in [1.29, 1.82) is 0 Å². The minimum Gasteiger partial charge on any atom is -0.435 e. The molecule has 1 fully saturated rings. The maximum Gasteiger partial charge on any atom is 0.387 e. The van der Waals surface area contributed by atoms with Crippen molar-refractivity contribution in [2.45, 2.75) is 12.2 Å². The monoisotopic (exact) mass is 216 g/mol. The molecule has 0 unspecified atom stereocenters. The molecule has 82 valence electrons. The van der Waals surface area contributed by atoms with E-state index < -0.39 is 12.2 Å². The molecule has 1 heterocycles. The van der Waals surface area contributed by atoms with Gasteiger partial charge in [-0.25, -0.2) is 0 Å². The van der Waals surface area contributed by atoms with Gasteiger partial charge in [-0.1, -0.05) is 12.1 Å². The molecule has 0 aromatic heterocycles. The fourth-order valence-electron chi connectivity index (χ4n) is 1.41. The van der Waals surface area contributed by atoms with Crippen LogP contribution in [0.25, 0.3) is 0 Å². The van der Waals surface area contributed by atoms with Crippen LogP contribution in [0.3, 0.4) is 0 Å². The maximum atomic E-state index is 11.8. The summed E-state index contributed by atoms with van der Waals surface area (Å²) in [5.74, 6) is 0.0811. The van der Waals surface area contributed by atoms with Crippen LogP contribution in [-0.4, -0.2) is 24.9 Å². The van der Waals surface area contributed by atoms with Crippen molar-refractivity contribution in [2.24, 2.45) is 0 Å². The van der Waals surface area contributed by atoms with Crippen molar-refractivity contribution >= 4 is 0 Å². The van der Waals surface area contributed by atoms with E-state index in [0.29, 0.717) is 5.56 Å². The minimum absolute atomic E-state index is 0.0811. The van der Waals surface area contributed by atoms with Gasteiger partial charge in [0.15, 0.2) is 0 Å². The average molecular weight is 216 g/mol. The Labute approximate surface area is 85.2 Å². The first-order valence-electron chi connectivity index (χ1n) is 4.46. The molecule has 2 rings (SSSR count). The van der Waals surface area contributed by atoms with Crippen LogP contribution in [-0.2, 0) is 10.3 Å². The lowest BCUT2D eigenvalue weighted by Crippen LogP contribution is -2.46. The molecule has 0 atom stereocenters. The van der Waals surface area contributed by atoms with Gasteiger partial charge in [-0.2, -0.15) is 8.78 Å². The molecule has 0 bridgehead atoms. The van der Waals surface area contributed by atoms with Crippen LogP contribution < -0.4 is 4.74 Å². The Kier molecular flexibility index (Phi) is 2.58. The fourth-order valence-corrected chi connectivity index (χ4v) is 1.41. The molecular weight excluding hydrogens is 206 g/mol. The van der Waals surface area contributed by atoms with Crippen molar-refractivity contribution in [2.75, 3.05) is 13.2 Å². The Morgan fingerprint density at radius 2 is 1.87 bits per heavy atom. The lowest BCUT2D eigenvalue weighted by molar-refractivity contribution is -0.184. The Hall–Kier alpha value is -1.20. The van der Waals surface area contributed by atoms with E-state index in [0.717, 1.165) is 0 Å². The Balaban J connectivity index is 2.10. The average Bonchev–Trinajstić information content (AvgIpc) is 2.14. The number of halogens is 2. The second-order valence-corrected chi connectivity index (χ2v) is 3.43. The lowest BCUT2D eigenvalue weighted by Gasteiger charge is -2.36. The van der Waals surface area contributed by atoms with E-state index in [1.807, 2.05) is 0 Å². The van der Waals surface area contributed by atoms with Crippen molar-refractivity contribution in [3.05, 3.63) is 29.8 Å². The van der Waals surface area contributed by atoms with E-state index in [1.54, 1.807) is 12.1 Å². The quantitative estimate of drug-likeness (QED) is 0.832. The van der Waals surface area contributed by atoms with Crippen LogP contribution in [0.4, 0.5) is 8.78 Å². The van der Waals surface area contributed by atoms with Gasteiger partial charge in [0.2, 0.25) is 0 Å². The van der Waals surface area contributed by atoms with Gasteiger partial charge in [0.25, 0.3) is 0 Å². The minimum atomic E-state index is -2.83. The van der Waals surface area contributed by atoms with Gasteiger partial charge in [0.05, 0.1) is 13.2 Å². The molecule has 0 amide bonds. The zero-order valence-electron chi connectivity index (χ0n) is 7.82. The number of benzene rings is 1. The fraction of sp³-hybridized carbons (Fsp3) is 0.400. The third-order valence-electron chi connectivity index (χ3n) is 2.30. The number of hydrogen-bond acceptors (Lipinski definition) is 3. The molecule has 1 aromatic rings. The topological polar surface area (TPSA) is 38.7 Å². The summed E-state index contributed by atoms with van der Waals surface area (Å²) < 4.78 is 32.8. The lowest BCUT2D eigenvalue weighted by atomic mass is 9.92. The van der Waals surface area contributed by atoms with Gasteiger partial charge >= 0.3 is 6.61 Å². The van der Waals surface area contributed by atoms with Gasteiger partial charge in [-0.05, 0) is 17.7 Å². The standard InChI is InChI=1S/C10H10F2O3/c11-9(12)15-8-3-1-7(2-4-8)10(13)5-14-6-10/h1-4,9,13H,5-6H2. The van der Waals surface area contributed by atoms with Crippen LogP contribution in [0.2, 0.25) is 0 Å². The molecule has 0 aliphatic carbocycles. The Morgan fingerprint density at radius 3 is 2.27 bits per heavy atom. The van der Waals surface area contributed by atoms with Crippen molar-refractivity contribution in [3.63, 3.8) is 0 Å². The van der Waals surface area contributed by atoms with Crippen LogP contribution >= 0.6 is 0 Å². The van der Waals surface area contributed by atoms with Gasteiger partial charge in [0, 0.05) is 0 Å². The van der Waals surface area contributed by atoms with E-state index in [1.165, 1.54) is 12.1 Å². The van der Waals surface area contributed by atoms with Crippen LogP contribution in [0.15, 0.2) is 24.3 Å². The summed E-state index contributed by atoms with van der Waals surface area (Å²) in [5.41, 5.74) is -0.320. The first kappa shape index (κ1) is 10.3. The molecule has 0 radical (unpaired) electrons. The molecule has 1 aliphatic rings. The molecule has 1 aromatic carbocycles. The second kappa shape index (κ2) is 3.75. The number of aliphatic hydroxyl groups is 1. The summed E-state index contributed by atoms with van der Waals surface area (Å²) in [7, 11) is 0. The summed E-state index contributed by atoms with van der Waals surface area (Å²) >= 11 is 0. The largest absolute Gasteiger partial charge is 0.435 e. The highest BCUT2D eigenvalue weighted by atomic mass is 19.3. The predicted molar refractivity (Wildman–Crippen MR) is 47.8 cm³/mol. The molecule has 1 N–H and O–H groups in total. The smallest absolute Gasteiger partial charge is 0.387 e. The van der Waals surface area contributed by atoms with E-state index in [2.05, 4.69) is 4.74 Å². The van der Waals surface area contributed by atoms with E-state index in [9.17, 15) is 13.9 Å². The van der Waals surface area contributed by atoms with Crippen LogP contribution in [0, 0.1) is 0 Å². The third-order valence-corrected chi connectivity index (χ3v) is 2.30. The van der Waals surface area contributed by atoms with E-state index in [-0.39, 0.29) is 19.0 Å². The first-order chi connectivity index (χ1) is 7.10. The Bertz CT molecular complexity index is 333. The molecule has 15 heavy (non-hydrogen) atoms. The van der Waals surface area contributed by atoms with Gasteiger partial charge in [-0.3, -0.25) is 0 Å². The van der Waals surface area contributed by atoms with Crippen molar-refractivity contribution in [1.82, 2.24) is 0 Å². The zero-order valence-corrected chi connectivity index (χ0v) is 7.82. The van der Waals surface area contributed by atoms with E-state index in [4.69, 9.17) is 4.74 Å². The highest BCUT2D eigenvalue weighted by Crippen LogP contribution is 2.30. The van der Waals surface area contributed by atoms with Crippen molar-refractivity contribution < 1.29 is 23.4 Å².